The Balaban J connectivity index is 4.09. The van der Waals surface area contributed by atoms with Crippen LogP contribution in [-0.4, -0.2) is 12.0 Å². The molecular weight excluding hydrogens is 349 g/mol. The maximum atomic E-state index is 12.1. The molecule has 0 spiro atoms. The minimum absolute atomic E-state index is 0.156. The normalized spacial score (nSPS) is 13.7. The fourth-order valence-corrected chi connectivity index (χ4v) is 2.58. The first-order valence-electron chi connectivity index (χ1n) is 9.72. The van der Waals surface area contributed by atoms with E-state index in [1.54, 1.807) is 6.08 Å². The van der Waals surface area contributed by atoms with Crippen LogP contribution in [-0.2, 0) is 4.79 Å². The summed E-state index contributed by atoms with van der Waals surface area (Å²) in [5.74, 6) is -1.65. The van der Waals surface area contributed by atoms with Gasteiger partial charge < -0.3 is 0 Å². The van der Waals surface area contributed by atoms with E-state index in [4.69, 9.17) is 0 Å². The van der Waals surface area contributed by atoms with Gasteiger partial charge in [-0.05, 0) is 79.6 Å². The average Bonchev–Trinajstić information content (AvgIpc) is 2.53. The Labute approximate surface area is 163 Å². The van der Waals surface area contributed by atoms with Gasteiger partial charge in [0.1, 0.15) is 0 Å². The number of rotatable bonds is 12. The van der Waals surface area contributed by atoms with Crippen LogP contribution in [0.25, 0.3) is 0 Å². The van der Waals surface area contributed by atoms with Gasteiger partial charge in [-0.1, -0.05) is 46.6 Å². The van der Waals surface area contributed by atoms with Crippen molar-refractivity contribution >= 4 is 5.78 Å². The number of alkyl halides is 3. The topological polar surface area (TPSA) is 17.1 Å². The molecule has 0 radical (unpaired) electrons. The number of hydrogen-bond acceptors (Lipinski definition) is 1. The first-order valence-corrected chi connectivity index (χ1v) is 9.72. The van der Waals surface area contributed by atoms with E-state index >= 15 is 0 Å². The van der Waals surface area contributed by atoms with E-state index in [1.165, 1.54) is 16.7 Å². The molecule has 0 aliphatic rings. The third kappa shape index (κ3) is 15.2. The highest BCUT2D eigenvalue weighted by atomic mass is 19.4. The van der Waals surface area contributed by atoms with Gasteiger partial charge in [-0.2, -0.15) is 13.2 Å². The number of carbonyl (C=O) groups excluding carboxylic acids is 1. The van der Waals surface area contributed by atoms with Crippen LogP contribution in [0.1, 0.15) is 86.0 Å². The van der Waals surface area contributed by atoms with E-state index in [1.807, 2.05) is 6.92 Å². The molecule has 4 heteroatoms. The van der Waals surface area contributed by atoms with Crippen LogP contribution in [0, 0.1) is 0 Å². The second-order valence-corrected chi connectivity index (χ2v) is 7.51. The predicted molar refractivity (Wildman–Crippen MR) is 109 cm³/mol. The number of hydrogen-bond donors (Lipinski definition) is 0. The molecule has 27 heavy (non-hydrogen) atoms. The fraction of sp³-hybridized carbons (Fsp3) is 0.609. The zero-order valence-corrected chi connectivity index (χ0v) is 17.5. The second kappa shape index (κ2) is 13.6. The molecule has 0 aliphatic carbocycles. The molecule has 0 aliphatic heterocycles. The molecule has 0 aromatic carbocycles. The molecule has 0 unspecified atom stereocenters. The summed E-state index contributed by atoms with van der Waals surface area (Å²) in [5.41, 5.74) is 5.15. The van der Waals surface area contributed by atoms with Gasteiger partial charge in [0.05, 0.1) is 0 Å². The minimum Gasteiger partial charge on any atom is -0.290 e. The number of allylic oxidation sites excluding steroid dienone is 8. The summed E-state index contributed by atoms with van der Waals surface area (Å²) in [7, 11) is 0. The molecule has 0 amide bonds. The second-order valence-electron chi connectivity index (χ2n) is 7.51. The number of ketones is 1. The summed E-state index contributed by atoms with van der Waals surface area (Å²) in [5, 5.41) is 0. The maximum Gasteiger partial charge on any atom is 0.449 e. The van der Waals surface area contributed by atoms with E-state index in [2.05, 4.69) is 45.9 Å². The van der Waals surface area contributed by atoms with E-state index in [-0.39, 0.29) is 6.42 Å². The molecule has 0 saturated carbocycles. The molecule has 0 aromatic heterocycles. The molecule has 0 N–H and O–H groups in total. The summed E-state index contributed by atoms with van der Waals surface area (Å²) >= 11 is 0. The predicted octanol–water partition coefficient (Wildman–Crippen LogP) is 8.04. The Bertz CT molecular complexity index is 571. The number of Topliss-reactive ketones (excluding diaryl/α,β-unsaturated/α-hetero) is 1. The molecular formula is C23H35F3O. The number of carbonyl (C=O) groups is 1. The Kier molecular flexibility index (Phi) is 12.8. The van der Waals surface area contributed by atoms with Gasteiger partial charge in [-0.15, -0.1) is 0 Å². The van der Waals surface area contributed by atoms with Gasteiger partial charge in [0.25, 0.3) is 0 Å². The highest BCUT2D eigenvalue weighted by Crippen LogP contribution is 2.19. The van der Waals surface area contributed by atoms with Crippen molar-refractivity contribution in [1.29, 1.82) is 0 Å². The lowest BCUT2D eigenvalue weighted by atomic mass is 10.0. The van der Waals surface area contributed by atoms with Gasteiger partial charge in [0.15, 0.2) is 0 Å². The van der Waals surface area contributed by atoms with Gasteiger partial charge in [0, 0.05) is 6.42 Å². The lowest BCUT2D eigenvalue weighted by Crippen LogP contribution is -2.21. The summed E-state index contributed by atoms with van der Waals surface area (Å²) in [4.78, 5) is 10.8. The fourth-order valence-electron chi connectivity index (χ4n) is 2.58. The van der Waals surface area contributed by atoms with Gasteiger partial charge in [-0.3, -0.25) is 4.79 Å². The molecule has 0 rings (SSSR count). The number of halogens is 3. The average molecular weight is 385 g/mol. The first-order chi connectivity index (χ1) is 12.5. The van der Waals surface area contributed by atoms with Crippen LogP contribution in [0.15, 0.2) is 46.6 Å². The van der Waals surface area contributed by atoms with Crippen molar-refractivity contribution in [2.45, 2.75) is 92.2 Å². The lowest BCUT2D eigenvalue weighted by molar-refractivity contribution is -0.170. The van der Waals surface area contributed by atoms with E-state index in [0.29, 0.717) is 0 Å². The van der Waals surface area contributed by atoms with Crippen LogP contribution >= 0.6 is 0 Å². The Morgan fingerprint density at radius 2 is 0.963 bits per heavy atom. The van der Waals surface area contributed by atoms with Gasteiger partial charge in [0.2, 0.25) is 5.78 Å². The molecule has 0 atom stereocenters. The molecule has 154 valence electrons. The molecule has 1 nitrogen and oxygen atoms in total. The zero-order chi connectivity index (χ0) is 20.9. The Morgan fingerprint density at radius 3 is 1.30 bits per heavy atom. The van der Waals surface area contributed by atoms with E-state index in [0.717, 1.165) is 44.1 Å². The van der Waals surface area contributed by atoms with Gasteiger partial charge >= 0.3 is 6.18 Å². The third-order valence-corrected chi connectivity index (χ3v) is 4.33. The van der Waals surface area contributed by atoms with E-state index in [9.17, 15) is 18.0 Å². The van der Waals surface area contributed by atoms with Crippen LogP contribution in [0.4, 0.5) is 13.2 Å². The highest BCUT2D eigenvalue weighted by Gasteiger charge is 2.36. The highest BCUT2D eigenvalue weighted by molar-refractivity contribution is 5.84. The Hall–Kier alpha value is -1.58. The standard InChI is InChI=1S/C23H35F3O/c1-18(2)10-6-11-19(3)12-7-13-20(4)14-8-15-21(5)16-9-17-22(27)23(24,25)26/h10,12,14,16H,6-9,11,13,15,17H2,1-5H3/b19-12+,20-14+,21-16+. The van der Waals surface area contributed by atoms with E-state index < -0.39 is 18.4 Å². The minimum atomic E-state index is -4.71. The van der Waals surface area contributed by atoms with Crippen LogP contribution < -0.4 is 0 Å². The van der Waals surface area contributed by atoms with Crippen molar-refractivity contribution < 1.29 is 18.0 Å². The van der Waals surface area contributed by atoms with Crippen molar-refractivity contribution in [3.8, 4) is 0 Å². The van der Waals surface area contributed by atoms with Crippen LogP contribution in [0.5, 0.6) is 0 Å². The first kappa shape index (κ1) is 25.4. The lowest BCUT2D eigenvalue weighted by Gasteiger charge is -2.04. The molecule has 0 heterocycles. The quantitative estimate of drug-likeness (QED) is 0.311. The summed E-state index contributed by atoms with van der Waals surface area (Å²) < 4.78 is 36.4. The third-order valence-electron chi connectivity index (χ3n) is 4.33. The smallest absolute Gasteiger partial charge is 0.290 e. The summed E-state index contributed by atoms with van der Waals surface area (Å²) in [6, 6.07) is 0. The van der Waals surface area contributed by atoms with Crippen molar-refractivity contribution in [3.63, 3.8) is 0 Å². The van der Waals surface area contributed by atoms with Gasteiger partial charge in [-0.25, -0.2) is 0 Å². The SMILES string of the molecule is CC(C)=CCC/C(C)=C/CC/C(C)=C/CC/C(C)=C/CCC(=O)C(F)(F)F. The molecule has 0 bridgehead atoms. The zero-order valence-electron chi connectivity index (χ0n) is 17.5. The largest absolute Gasteiger partial charge is 0.449 e. The Morgan fingerprint density at radius 1 is 0.630 bits per heavy atom. The monoisotopic (exact) mass is 384 g/mol. The molecule has 0 fully saturated rings. The van der Waals surface area contributed by atoms with Crippen molar-refractivity contribution in [3.05, 3.63) is 46.6 Å². The molecule has 0 aromatic rings. The summed E-state index contributed by atoms with van der Waals surface area (Å²) in [6.07, 6.45) is 9.46. The summed E-state index contributed by atoms with van der Waals surface area (Å²) in [6.45, 7) is 10.4. The van der Waals surface area contributed by atoms with Crippen molar-refractivity contribution in [2.75, 3.05) is 0 Å². The van der Waals surface area contributed by atoms with Crippen LogP contribution in [0.2, 0.25) is 0 Å². The van der Waals surface area contributed by atoms with Crippen molar-refractivity contribution in [2.24, 2.45) is 0 Å². The molecule has 0 saturated heterocycles. The van der Waals surface area contributed by atoms with Crippen molar-refractivity contribution in [1.82, 2.24) is 0 Å². The maximum absolute atomic E-state index is 12.1. The van der Waals surface area contributed by atoms with Crippen LogP contribution in [0.3, 0.4) is 0 Å².